The van der Waals surface area contributed by atoms with Crippen molar-refractivity contribution in [2.45, 2.75) is 26.8 Å². The fourth-order valence-corrected chi connectivity index (χ4v) is 0.874. The lowest BCUT2D eigenvalue weighted by atomic mass is 10.1. The lowest BCUT2D eigenvalue weighted by Crippen LogP contribution is -2.19. The van der Waals surface area contributed by atoms with Gasteiger partial charge in [0.15, 0.2) is 0 Å². The van der Waals surface area contributed by atoms with E-state index in [1.165, 1.54) is 0 Å². The molecule has 4 heteroatoms. The average Bonchev–Trinajstić information content (AvgIpc) is 2.30. The molecule has 1 rings (SSSR count). The van der Waals surface area contributed by atoms with Crippen molar-refractivity contribution in [3.05, 3.63) is 35.9 Å². The molecule has 1 atom stereocenters. The minimum Gasteiger partial charge on any atom is -0.369 e. The van der Waals surface area contributed by atoms with Gasteiger partial charge in [-0.1, -0.05) is 44.2 Å². The van der Waals surface area contributed by atoms with Crippen molar-refractivity contribution >= 4 is 5.91 Å². The van der Waals surface area contributed by atoms with E-state index in [4.69, 9.17) is 5.73 Å². The maximum atomic E-state index is 11.4. The fourth-order valence-electron chi connectivity index (χ4n) is 0.874. The van der Waals surface area contributed by atoms with Gasteiger partial charge in [0.1, 0.15) is 0 Å². The SMILES string of the molecule is CCC(C)C(N)=O.FNCc1ccccc1. The summed E-state index contributed by atoms with van der Waals surface area (Å²) < 4.78 is 11.4. The first-order valence-corrected chi connectivity index (χ1v) is 5.28. The van der Waals surface area contributed by atoms with Gasteiger partial charge in [-0.2, -0.15) is 5.54 Å². The lowest BCUT2D eigenvalue weighted by Gasteiger charge is -1.98. The molecule has 0 aliphatic rings. The number of primary amides is 1. The Morgan fingerprint density at radius 1 is 1.44 bits per heavy atom. The molecule has 0 radical (unpaired) electrons. The molecule has 1 aromatic carbocycles. The zero-order chi connectivity index (χ0) is 12.4. The van der Waals surface area contributed by atoms with Crippen LogP contribution in [0.3, 0.4) is 0 Å². The average molecular weight is 226 g/mol. The highest BCUT2D eigenvalue weighted by atomic mass is 19.2. The smallest absolute Gasteiger partial charge is 0.220 e. The van der Waals surface area contributed by atoms with Crippen LogP contribution in [0.4, 0.5) is 4.48 Å². The first-order valence-electron chi connectivity index (χ1n) is 5.28. The number of nitrogens with one attached hydrogen (secondary N) is 1. The minimum absolute atomic E-state index is 0.0417. The Bertz CT molecular complexity index is 290. The molecule has 0 bridgehead atoms. The largest absolute Gasteiger partial charge is 0.369 e. The van der Waals surface area contributed by atoms with Crippen LogP contribution in [0.1, 0.15) is 25.8 Å². The third-order valence-electron chi connectivity index (χ3n) is 2.21. The second kappa shape index (κ2) is 8.85. The van der Waals surface area contributed by atoms with E-state index in [0.717, 1.165) is 12.0 Å². The van der Waals surface area contributed by atoms with Gasteiger partial charge in [-0.3, -0.25) is 4.79 Å². The molecular formula is C12H19FN2O. The van der Waals surface area contributed by atoms with Crippen LogP contribution in [-0.4, -0.2) is 5.91 Å². The molecule has 0 spiro atoms. The van der Waals surface area contributed by atoms with E-state index < -0.39 is 0 Å². The third kappa shape index (κ3) is 6.95. The Kier molecular flexibility index (Phi) is 8.07. The Labute approximate surface area is 95.8 Å². The van der Waals surface area contributed by atoms with Crippen molar-refractivity contribution in [2.24, 2.45) is 11.7 Å². The summed E-state index contributed by atoms with van der Waals surface area (Å²) in [5.74, 6) is -0.164. The topological polar surface area (TPSA) is 55.1 Å². The molecule has 90 valence electrons. The monoisotopic (exact) mass is 226 g/mol. The van der Waals surface area contributed by atoms with E-state index in [0.29, 0.717) is 6.54 Å². The van der Waals surface area contributed by atoms with Crippen LogP contribution in [0.15, 0.2) is 30.3 Å². The van der Waals surface area contributed by atoms with Crippen molar-refractivity contribution < 1.29 is 9.28 Å². The number of carbonyl (C=O) groups is 1. The van der Waals surface area contributed by atoms with Crippen LogP contribution in [0.25, 0.3) is 0 Å². The standard InChI is InChI=1S/C7H8FN.C5H11NO/c8-9-6-7-4-2-1-3-5-7;1-3-4(2)5(6)7/h1-5,9H,6H2;4H,3H2,1-2H3,(H2,6,7). The van der Waals surface area contributed by atoms with E-state index in [-0.39, 0.29) is 11.8 Å². The van der Waals surface area contributed by atoms with Gasteiger partial charge in [0.2, 0.25) is 5.91 Å². The highest BCUT2D eigenvalue weighted by Crippen LogP contribution is 1.96. The number of benzene rings is 1. The molecule has 0 saturated carbocycles. The molecule has 0 aliphatic carbocycles. The molecule has 1 unspecified atom stereocenters. The van der Waals surface area contributed by atoms with E-state index in [9.17, 15) is 9.28 Å². The Balaban J connectivity index is 0.000000293. The highest BCUT2D eigenvalue weighted by Gasteiger charge is 2.02. The molecular weight excluding hydrogens is 207 g/mol. The van der Waals surface area contributed by atoms with Crippen molar-refractivity contribution in [1.29, 1.82) is 0 Å². The Morgan fingerprint density at radius 2 is 2.00 bits per heavy atom. The number of hydrogen-bond acceptors (Lipinski definition) is 2. The van der Waals surface area contributed by atoms with E-state index >= 15 is 0 Å². The number of hydrogen-bond donors (Lipinski definition) is 2. The third-order valence-corrected chi connectivity index (χ3v) is 2.21. The first kappa shape index (κ1) is 14.6. The minimum atomic E-state index is -0.206. The second-order valence-electron chi connectivity index (χ2n) is 3.51. The summed E-state index contributed by atoms with van der Waals surface area (Å²) >= 11 is 0. The van der Waals surface area contributed by atoms with Crippen LogP contribution >= 0.6 is 0 Å². The van der Waals surface area contributed by atoms with Gasteiger partial charge in [0, 0.05) is 5.92 Å². The lowest BCUT2D eigenvalue weighted by molar-refractivity contribution is -0.121. The molecule has 1 aromatic rings. The molecule has 3 N–H and O–H groups in total. The molecule has 0 aliphatic heterocycles. The van der Waals surface area contributed by atoms with Crippen molar-refractivity contribution in [3.8, 4) is 0 Å². The summed E-state index contributed by atoms with van der Waals surface area (Å²) in [4.78, 5) is 10.2. The first-order chi connectivity index (χ1) is 7.61. The maximum Gasteiger partial charge on any atom is 0.220 e. The second-order valence-corrected chi connectivity index (χ2v) is 3.51. The van der Waals surface area contributed by atoms with Crippen LogP contribution in [0, 0.1) is 5.92 Å². The quantitative estimate of drug-likeness (QED) is 0.773. The van der Waals surface area contributed by atoms with Gasteiger partial charge in [0.05, 0.1) is 6.54 Å². The number of nitrogens with two attached hydrogens (primary N) is 1. The van der Waals surface area contributed by atoms with Gasteiger partial charge >= 0.3 is 0 Å². The summed E-state index contributed by atoms with van der Waals surface area (Å²) in [6.45, 7) is 4.05. The Hall–Kier alpha value is -1.42. The van der Waals surface area contributed by atoms with Crippen molar-refractivity contribution in [3.63, 3.8) is 0 Å². The molecule has 3 nitrogen and oxygen atoms in total. The van der Waals surface area contributed by atoms with E-state index in [2.05, 4.69) is 0 Å². The normalized spacial score (nSPS) is 11.2. The summed E-state index contributed by atoms with van der Waals surface area (Å²) in [5.41, 5.74) is 7.45. The van der Waals surface area contributed by atoms with Crippen LogP contribution in [0.2, 0.25) is 0 Å². The summed E-state index contributed by atoms with van der Waals surface area (Å²) in [6, 6.07) is 9.40. The maximum absolute atomic E-state index is 11.4. The molecule has 1 amide bonds. The fraction of sp³-hybridized carbons (Fsp3) is 0.417. The van der Waals surface area contributed by atoms with Gasteiger partial charge in [-0.15, -0.1) is 4.48 Å². The van der Waals surface area contributed by atoms with Gasteiger partial charge < -0.3 is 5.73 Å². The molecule has 0 heterocycles. The van der Waals surface area contributed by atoms with Crippen LogP contribution in [0.5, 0.6) is 0 Å². The predicted molar refractivity (Wildman–Crippen MR) is 63.0 cm³/mol. The van der Waals surface area contributed by atoms with Crippen LogP contribution < -0.4 is 11.3 Å². The zero-order valence-corrected chi connectivity index (χ0v) is 9.74. The van der Waals surface area contributed by atoms with Gasteiger partial charge in [-0.25, -0.2) is 0 Å². The number of halogens is 1. The molecule has 0 saturated heterocycles. The molecule has 0 aromatic heterocycles. The van der Waals surface area contributed by atoms with E-state index in [1.807, 2.05) is 44.2 Å². The zero-order valence-electron chi connectivity index (χ0n) is 9.74. The summed E-state index contributed by atoms with van der Waals surface area (Å²) in [6.07, 6.45) is 0.843. The highest BCUT2D eigenvalue weighted by molar-refractivity contribution is 5.76. The number of rotatable bonds is 4. The summed E-state index contributed by atoms with van der Waals surface area (Å²) in [5, 5.41) is 0. The molecule has 16 heavy (non-hydrogen) atoms. The predicted octanol–water partition coefficient (Wildman–Crippen LogP) is 2.18. The number of carbonyl (C=O) groups excluding carboxylic acids is 1. The Morgan fingerprint density at radius 3 is 2.31 bits per heavy atom. The van der Waals surface area contributed by atoms with E-state index in [1.54, 1.807) is 5.54 Å². The summed E-state index contributed by atoms with van der Waals surface area (Å²) in [7, 11) is 0. The van der Waals surface area contributed by atoms with Gasteiger partial charge in [-0.05, 0) is 12.0 Å². The molecule has 0 fully saturated rings. The van der Waals surface area contributed by atoms with Crippen molar-refractivity contribution in [2.75, 3.05) is 0 Å². The van der Waals surface area contributed by atoms with Crippen LogP contribution in [-0.2, 0) is 11.3 Å². The number of amides is 1. The van der Waals surface area contributed by atoms with Crippen molar-refractivity contribution in [1.82, 2.24) is 5.54 Å². The van der Waals surface area contributed by atoms with Gasteiger partial charge in [0.25, 0.3) is 0 Å².